The molecule has 1 unspecified atom stereocenters. The maximum absolute atomic E-state index is 13.6. The van der Waals surface area contributed by atoms with Gasteiger partial charge in [-0.3, -0.25) is 0 Å². The van der Waals surface area contributed by atoms with Gasteiger partial charge in [-0.25, -0.2) is 8.78 Å². The van der Waals surface area contributed by atoms with Gasteiger partial charge in [0, 0.05) is 23.9 Å². The second kappa shape index (κ2) is 5.90. The van der Waals surface area contributed by atoms with E-state index in [1.165, 1.54) is 12.1 Å². The van der Waals surface area contributed by atoms with Gasteiger partial charge >= 0.3 is 0 Å². The maximum atomic E-state index is 13.6. The molecule has 1 nitrogen and oxygen atoms in total. The summed E-state index contributed by atoms with van der Waals surface area (Å²) < 4.78 is 26.5. The highest BCUT2D eigenvalue weighted by Gasteiger charge is 2.23. The van der Waals surface area contributed by atoms with Gasteiger partial charge in [-0.1, -0.05) is 29.8 Å². The molecule has 0 spiro atoms. The van der Waals surface area contributed by atoms with Crippen molar-refractivity contribution >= 4 is 11.6 Å². The van der Waals surface area contributed by atoms with Crippen LogP contribution < -0.4 is 0 Å². The molecule has 0 aliphatic rings. The van der Waals surface area contributed by atoms with Crippen LogP contribution >= 0.6 is 11.6 Å². The Morgan fingerprint density at radius 2 is 1.70 bits per heavy atom. The molecule has 2 aromatic rings. The van der Waals surface area contributed by atoms with Crippen LogP contribution in [-0.4, -0.2) is 10.7 Å². The Kier molecular flexibility index (Phi) is 4.41. The molecule has 1 N–H and O–H groups in total. The number of benzene rings is 2. The van der Waals surface area contributed by atoms with E-state index in [4.69, 9.17) is 11.6 Å². The second-order valence-electron chi connectivity index (χ2n) is 5.21. The van der Waals surface area contributed by atoms with E-state index < -0.39 is 17.2 Å². The lowest BCUT2D eigenvalue weighted by Gasteiger charge is -2.24. The third-order valence-corrected chi connectivity index (χ3v) is 3.34. The molecule has 20 heavy (non-hydrogen) atoms. The summed E-state index contributed by atoms with van der Waals surface area (Å²) in [6.45, 7) is 1.63. The summed E-state index contributed by atoms with van der Waals surface area (Å²) in [5.74, 6) is -1.26. The van der Waals surface area contributed by atoms with Crippen molar-refractivity contribution in [1.82, 2.24) is 0 Å². The van der Waals surface area contributed by atoms with Crippen LogP contribution in [0.3, 0.4) is 0 Å². The van der Waals surface area contributed by atoms with Crippen LogP contribution in [0.4, 0.5) is 8.78 Å². The second-order valence-corrected chi connectivity index (χ2v) is 5.65. The zero-order chi connectivity index (χ0) is 14.8. The molecule has 0 fully saturated rings. The van der Waals surface area contributed by atoms with Gasteiger partial charge in [0.05, 0.1) is 5.60 Å². The van der Waals surface area contributed by atoms with Gasteiger partial charge < -0.3 is 5.11 Å². The number of halogens is 3. The number of hydrogen-bond donors (Lipinski definition) is 1. The summed E-state index contributed by atoms with van der Waals surface area (Å²) in [7, 11) is 0. The molecular weight excluding hydrogens is 282 g/mol. The summed E-state index contributed by atoms with van der Waals surface area (Å²) in [4.78, 5) is 0. The normalized spacial score (nSPS) is 14.1. The maximum Gasteiger partial charge on any atom is 0.129 e. The summed E-state index contributed by atoms with van der Waals surface area (Å²) in [5, 5.41) is 11.0. The van der Waals surface area contributed by atoms with E-state index >= 15 is 0 Å². The van der Waals surface area contributed by atoms with Crippen LogP contribution in [0.1, 0.15) is 18.1 Å². The third kappa shape index (κ3) is 4.02. The highest BCUT2D eigenvalue weighted by molar-refractivity contribution is 6.30. The van der Waals surface area contributed by atoms with Crippen LogP contribution in [0.25, 0.3) is 0 Å². The standard InChI is InChI=1S/C16H15ClF2O/c1-16(20,9-11-2-5-13(17)6-3-11)10-12-4-7-14(18)8-15(12)19/h2-8,20H,9-10H2,1H3. The molecule has 0 amide bonds. The van der Waals surface area contributed by atoms with Crippen molar-refractivity contribution in [3.8, 4) is 0 Å². The molecule has 0 saturated carbocycles. The van der Waals surface area contributed by atoms with E-state index in [2.05, 4.69) is 0 Å². The Balaban J connectivity index is 2.12. The van der Waals surface area contributed by atoms with Crippen LogP contribution in [0, 0.1) is 11.6 Å². The van der Waals surface area contributed by atoms with Crippen LogP contribution in [0.2, 0.25) is 5.02 Å². The minimum Gasteiger partial charge on any atom is -0.389 e. The van der Waals surface area contributed by atoms with E-state index in [1.807, 2.05) is 12.1 Å². The van der Waals surface area contributed by atoms with Gasteiger partial charge in [-0.15, -0.1) is 0 Å². The van der Waals surface area contributed by atoms with Gasteiger partial charge in [-0.05, 0) is 36.2 Å². The fourth-order valence-corrected chi connectivity index (χ4v) is 2.31. The van der Waals surface area contributed by atoms with Crippen molar-refractivity contribution in [2.24, 2.45) is 0 Å². The quantitative estimate of drug-likeness (QED) is 0.898. The molecule has 4 heteroatoms. The fraction of sp³-hybridized carbons (Fsp3) is 0.250. The highest BCUT2D eigenvalue weighted by Crippen LogP contribution is 2.22. The smallest absolute Gasteiger partial charge is 0.129 e. The minimum atomic E-state index is -1.12. The van der Waals surface area contributed by atoms with Gasteiger partial charge in [0.15, 0.2) is 0 Å². The first-order chi connectivity index (χ1) is 9.35. The zero-order valence-electron chi connectivity index (χ0n) is 11.0. The Hall–Kier alpha value is -1.45. The number of hydrogen-bond acceptors (Lipinski definition) is 1. The lowest BCUT2D eigenvalue weighted by atomic mass is 9.89. The van der Waals surface area contributed by atoms with Crippen molar-refractivity contribution in [3.63, 3.8) is 0 Å². The molecule has 0 aliphatic carbocycles. The van der Waals surface area contributed by atoms with Gasteiger partial charge in [0.25, 0.3) is 0 Å². The Morgan fingerprint density at radius 1 is 1.05 bits per heavy atom. The van der Waals surface area contributed by atoms with E-state index in [0.29, 0.717) is 17.0 Å². The molecular formula is C16H15ClF2O. The molecule has 0 heterocycles. The van der Waals surface area contributed by atoms with Crippen LogP contribution in [0.15, 0.2) is 42.5 Å². The van der Waals surface area contributed by atoms with Crippen LogP contribution in [0.5, 0.6) is 0 Å². The Labute approximate surface area is 121 Å². The predicted octanol–water partition coefficient (Wildman–Crippen LogP) is 4.15. The first-order valence-corrected chi connectivity index (χ1v) is 6.64. The van der Waals surface area contributed by atoms with Crippen molar-refractivity contribution in [2.75, 3.05) is 0 Å². The van der Waals surface area contributed by atoms with Crippen molar-refractivity contribution in [3.05, 3.63) is 70.2 Å². The summed E-state index contributed by atoms with van der Waals surface area (Å²) in [5.41, 5.74) is 0.0826. The number of rotatable bonds is 4. The lowest BCUT2D eigenvalue weighted by Crippen LogP contribution is -2.30. The summed E-state index contributed by atoms with van der Waals surface area (Å²) in [6, 6.07) is 10.5. The monoisotopic (exact) mass is 296 g/mol. The first-order valence-electron chi connectivity index (χ1n) is 6.26. The largest absolute Gasteiger partial charge is 0.389 e. The zero-order valence-corrected chi connectivity index (χ0v) is 11.8. The van der Waals surface area contributed by atoms with Crippen molar-refractivity contribution in [2.45, 2.75) is 25.4 Å². The fourth-order valence-electron chi connectivity index (χ4n) is 2.18. The molecule has 106 valence electrons. The van der Waals surface area contributed by atoms with Gasteiger partial charge in [-0.2, -0.15) is 0 Å². The Morgan fingerprint density at radius 3 is 2.30 bits per heavy atom. The molecule has 2 aromatic carbocycles. The van der Waals surface area contributed by atoms with E-state index in [0.717, 1.165) is 11.6 Å². The highest BCUT2D eigenvalue weighted by atomic mass is 35.5. The average molecular weight is 297 g/mol. The molecule has 0 radical (unpaired) electrons. The molecule has 1 atom stereocenters. The van der Waals surface area contributed by atoms with Crippen molar-refractivity contribution < 1.29 is 13.9 Å². The van der Waals surface area contributed by atoms with E-state index in [1.54, 1.807) is 19.1 Å². The summed E-state index contributed by atoms with van der Waals surface area (Å²) >= 11 is 5.80. The topological polar surface area (TPSA) is 20.2 Å². The minimum absolute atomic E-state index is 0.113. The third-order valence-electron chi connectivity index (χ3n) is 3.08. The van der Waals surface area contributed by atoms with Crippen LogP contribution in [-0.2, 0) is 12.8 Å². The summed E-state index contributed by atoms with van der Waals surface area (Å²) in [6.07, 6.45) is 0.475. The van der Waals surface area contributed by atoms with E-state index in [-0.39, 0.29) is 6.42 Å². The van der Waals surface area contributed by atoms with E-state index in [9.17, 15) is 13.9 Å². The predicted molar refractivity (Wildman–Crippen MR) is 75.8 cm³/mol. The molecule has 0 aromatic heterocycles. The molecule has 0 saturated heterocycles. The SMILES string of the molecule is CC(O)(Cc1ccc(Cl)cc1)Cc1ccc(F)cc1F. The van der Waals surface area contributed by atoms with Gasteiger partial charge in [0.2, 0.25) is 0 Å². The molecule has 0 aliphatic heterocycles. The number of aliphatic hydroxyl groups is 1. The first kappa shape index (κ1) is 14.9. The molecule has 2 rings (SSSR count). The Bertz CT molecular complexity index is 594. The lowest BCUT2D eigenvalue weighted by molar-refractivity contribution is 0.0599. The average Bonchev–Trinajstić information content (AvgIpc) is 2.35. The molecule has 0 bridgehead atoms. The van der Waals surface area contributed by atoms with Crippen molar-refractivity contribution in [1.29, 1.82) is 0 Å². The van der Waals surface area contributed by atoms with Gasteiger partial charge in [0.1, 0.15) is 11.6 Å².